The zero-order valence-electron chi connectivity index (χ0n) is 16.6. The van der Waals surface area contributed by atoms with Gasteiger partial charge in [0.25, 0.3) is 0 Å². The van der Waals surface area contributed by atoms with E-state index in [-0.39, 0.29) is 18.0 Å². The zero-order valence-corrected chi connectivity index (χ0v) is 16.6. The predicted molar refractivity (Wildman–Crippen MR) is 109 cm³/mol. The third-order valence-corrected chi connectivity index (χ3v) is 4.81. The first kappa shape index (κ1) is 19.5. The number of amides is 1. The summed E-state index contributed by atoms with van der Waals surface area (Å²) in [4.78, 5) is 25.2. The first-order valence-corrected chi connectivity index (χ1v) is 9.20. The van der Waals surface area contributed by atoms with Crippen molar-refractivity contribution in [1.29, 1.82) is 0 Å². The second-order valence-electron chi connectivity index (χ2n) is 6.49. The van der Waals surface area contributed by atoms with Gasteiger partial charge in [-0.05, 0) is 37.6 Å². The summed E-state index contributed by atoms with van der Waals surface area (Å²) in [6.07, 6.45) is 0.186. The highest BCUT2D eigenvalue weighted by Crippen LogP contribution is 2.32. The lowest BCUT2D eigenvalue weighted by Crippen LogP contribution is -2.25. The Morgan fingerprint density at radius 3 is 2.25 bits per heavy atom. The smallest absolute Gasteiger partial charge is 0.329 e. The number of carbonyl (C=O) groups excluding carboxylic acids is 1. The number of anilines is 1. The standard InChI is InChI=1S/C21H25N3O4/c1-5-23-16-8-6-7-9-17(16)24(21(23)26)11-10-20(25)22-15-13-19(28-4)18(27-3)12-14(15)2/h6-9,12-13H,5,10-11H2,1-4H3,(H,22,25). The fourth-order valence-electron chi connectivity index (χ4n) is 3.34. The third-order valence-electron chi connectivity index (χ3n) is 4.81. The minimum atomic E-state index is -0.171. The minimum Gasteiger partial charge on any atom is -0.493 e. The second-order valence-corrected chi connectivity index (χ2v) is 6.49. The van der Waals surface area contributed by atoms with E-state index in [4.69, 9.17) is 9.47 Å². The number of hydrogen-bond donors (Lipinski definition) is 1. The number of rotatable bonds is 7. The summed E-state index contributed by atoms with van der Waals surface area (Å²) < 4.78 is 13.9. The normalized spacial score (nSPS) is 10.9. The molecule has 1 aromatic heterocycles. The van der Waals surface area contributed by atoms with Crippen LogP contribution in [0.1, 0.15) is 18.9 Å². The first-order valence-electron chi connectivity index (χ1n) is 9.20. The summed E-state index contributed by atoms with van der Waals surface area (Å²) in [7, 11) is 3.12. The van der Waals surface area contributed by atoms with E-state index in [1.54, 1.807) is 29.4 Å². The van der Waals surface area contributed by atoms with E-state index in [0.717, 1.165) is 16.6 Å². The Labute approximate surface area is 163 Å². The number of nitrogens with zero attached hydrogens (tertiary/aromatic N) is 2. The molecule has 1 amide bonds. The summed E-state index contributed by atoms with van der Waals surface area (Å²) in [5.74, 6) is 0.984. The number of benzene rings is 2. The topological polar surface area (TPSA) is 74.5 Å². The molecule has 0 saturated heterocycles. The molecule has 3 rings (SSSR count). The van der Waals surface area contributed by atoms with Crippen LogP contribution in [-0.2, 0) is 17.9 Å². The molecule has 148 valence electrons. The zero-order chi connectivity index (χ0) is 20.3. The van der Waals surface area contributed by atoms with Crippen molar-refractivity contribution in [3.05, 3.63) is 52.4 Å². The number of carbonyl (C=O) groups is 1. The summed E-state index contributed by atoms with van der Waals surface area (Å²) in [6.45, 7) is 4.72. The van der Waals surface area contributed by atoms with Crippen molar-refractivity contribution in [2.45, 2.75) is 33.4 Å². The Hall–Kier alpha value is -3.22. The Bertz CT molecular complexity index is 1070. The highest BCUT2D eigenvalue weighted by molar-refractivity contribution is 5.92. The van der Waals surface area contributed by atoms with Crippen LogP contribution in [0.2, 0.25) is 0 Å². The number of imidazole rings is 1. The molecule has 0 bridgehead atoms. The van der Waals surface area contributed by atoms with E-state index in [0.29, 0.717) is 30.3 Å². The average molecular weight is 383 g/mol. The molecule has 1 heterocycles. The summed E-state index contributed by atoms with van der Waals surface area (Å²) in [5.41, 5.74) is 3.14. The average Bonchev–Trinajstić information content (AvgIpc) is 2.98. The quantitative estimate of drug-likeness (QED) is 0.680. The summed E-state index contributed by atoms with van der Waals surface area (Å²) in [5, 5.41) is 2.90. The van der Waals surface area contributed by atoms with Gasteiger partial charge in [-0.3, -0.25) is 13.9 Å². The van der Waals surface area contributed by atoms with Gasteiger partial charge >= 0.3 is 5.69 Å². The number of nitrogens with one attached hydrogen (secondary N) is 1. The van der Waals surface area contributed by atoms with E-state index >= 15 is 0 Å². The lowest BCUT2D eigenvalue weighted by Gasteiger charge is -2.13. The van der Waals surface area contributed by atoms with E-state index in [9.17, 15) is 9.59 Å². The minimum absolute atomic E-state index is 0.0983. The van der Waals surface area contributed by atoms with Crippen molar-refractivity contribution in [1.82, 2.24) is 9.13 Å². The van der Waals surface area contributed by atoms with E-state index in [2.05, 4.69) is 5.32 Å². The van der Waals surface area contributed by atoms with Crippen molar-refractivity contribution >= 4 is 22.6 Å². The molecule has 0 unspecified atom stereocenters. The van der Waals surface area contributed by atoms with Gasteiger partial charge in [-0.1, -0.05) is 12.1 Å². The highest BCUT2D eigenvalue weighted by Gasteiger charge is 2.14. The monoisotopic (exact) mass is 383 g/mol. The largest absolute Gasteiger partial charge is 0.493 e. The van der Waals surface area contributed by atoms with E-state index in [1.165, 1.54) is 0 Å². The van der Waals surface area contributed by atoms with Crippen LogP contribution in [0.15, 0.2) is 41.2 Å². The fourth-order valence-corrected chi connectivity index (χ4v) is 3.34. The molecule has 0 radical (unpaired) electrons. The maximum absolute atomic E-state index is 12.7. The molecule has 2 aromatic carbocycles. The SMILES string of the molecule is CCn1c(=O)n(CCC(=O)Nc2cc(OC)c(OC)cc2C)c2ccccc21. The molecule has 0 spiro atoms. The Kier molecular flexibility index (Phi) is 5.73. The molecule has 3 aromatic rings. The number of aryl methyl sites for hydroxylation is 3. The van der Waals surface area contributed by atoms with Crippen LogP contribution in [0.4, 0.5) is 5.69 Å². The van der Waals surface area contributed by atoms with Gasteiger partial charge in [0, 0.05) is 31.3 Å². The van der Waals surface area contributed by atoms with Crippen molar-refractivity contribution in [2.24, 2.45) is 0 Å². The van der Waals surface area contributed by atoms with Crippen molar-refractivity contribution < 1.29 is 14.3 Å². The Morgan fingerprint density at radius 2 is 1.64 bits per heavy atom. The number of hydrogen-bond acceptors (Lipinski definition) is 4. The maximum atomic E-state index is 12.7. The van der Waals surface area contributed by atoms with Gasteiger partial charge < -0.3 is 14.8 Å². The molecule has 7 nitrogen and oxygen atoms in total. The molecular weight excluding hydrogens is 358 g/mol. The van der Waals surface area contributed by atoms with Crippen LogP contribution in [0.5, 0.6) is 11.5 Å². The van der Waals surface area contributed by atoms with Crippen molar-refractivity contribution in [3.8, 4) is 11.5 Å². The second kappa shape index (κ2) is 8.21. The molecule has 0 aliphatic heterocycles. The van der Waals surface area contributed by atoms with Crippen molar-refractivity contribution in [2.75, 3.05) is 19.5 Å². The van der Waals surface area contributed by atoms with Gasteiger partial charge in [-0.15, -0.1) is 0 Å². The summed E-state index contributed by atoms with van der Waals surface area (Å²) in [6, 6.07) is 11.2. The van der Waals surface area contributed by atoms with Gasteiger partial charge in [-0.2, -0.15) is 0 Å². The molecule has 0 fully saturated rings. The molecule has 7 heteroatoms. The molecule has 0 aliphatic rings. The van der Waals surface area contributed by atoms with Gasteiger partial charge in [0.1, 0.15) is 0 Å². The number of aromatic nitrogens is 2. The maximum Gasteiger partial charge on any atom is 0.329 e. The molecule has 0 aliphatic carbocycles. The highest BCUT2D eigenvalue weighted by atomic mass is 16.5. The summed E-state index contributed by atoms with van der Waals surface area (Å²) >= 11 is 0. The van der Waals surface area contributed by atoms with E-state index in [1.807, 2.05) is 44.2 Å². The van der Waals surface area contributed by atoms with Gasteiger partial charge in [0.2, 0.25) is 5.91 Å². The van der Waals surface area contributed by atoms with Crippen LogP contribution in [0.25, 0.3) is 11.0 Å². The lowest BCUT2D eigenvalue weighted by molar-refractivity contribution is -0.116. The first-order chi connectivity index (χ1) is 13.5. The Balaban J connectivity index is 1.78. The number of ether oxygens (including phenoxy) is 2. The predicted octanol–water partition coefficient (Wildman–Crippen LogP) is 3.18. The number of fused-ring (bicyclic) bond motifs is 1. The third kappa shape index (κ3) is 3.60. The molecule has 28 heavy (non-hydrogen) atoms. The van der Waals surface area contributed by atoms with Crippen LogP contribution in [0.3, 0.4) is 0 Å². The van der Waals surface area contributed by atoms with Crippen molar-refractivity contribution in [3.63, 3.8) is 0 Å². The fraction of sp³-hybridized carbons (Fsp3) is 0.333. The van der Waals surface area contributed by atoms with E-state index < -0.39 is 0 Å². The van der Waals surface area contributed by atoms with Gasteiger partial charge in [-0.25, -0.2) is 4.79 Å². The lowest BCUT2D eigenvalue weighted by atomic mass is 10.1. The van der Waals surface area contributed by atoms with Crippen LogP contribution in [0, 0.1) is 6.92 Å². The Morgan fingerprint density at radius 1 is 1.04 bits per heavy atom. The van der Waals surface area contributed by atoms with Crippen LogP contribution < -0.4 is 20.5 Å². The number of methoxy groups -OCH3 is 2. The van der Waals surface area contributed by atoms with Gasteiger partial charge in [0.15, 0.2) is 11.5 Å². The molecule has 1 N–H and O–H groups in total. The van der Waals surface area contributed by atoms with Gasteiger partial charge in [0.05, 0.1) is 25.3 Å². The molecular formula is C21H25N3O4. The molecule has 0 atom stereocenters. The molecule has 0 saturated carbocycles. The number of para-hydroxylation sites is 2. The van der Waals surface area contributed by atoms with Crippen LogP contribution in [-0.4, -0.2) is 29.3 Å². The van der Waals surface area contributed by atoms with Crippen LogP contribution >= 0.6 is 0 Å².